The summed E-state index contributed by atoms with van der Waals surface area (Å²) in [7, 11) is 1.57. The Balaban J connectivity index is 0.00000190. The lowest BCUT2D eigenvalue weighted by molar-refractivity contribution is -0.0893. The van der Waals surface area contributed by atoms with Crippen molar-refractivity contribution in [3.05, 3.63) is 72.2 Å². The summed E-state index contributed by atoms with van der Waals surface area (Å²) < 4.78 is 7.31. The van der Waals surface area contributed by atoms with Gasteiger partial charge in [-0.2, -0.15) is 0 Å². The highest BCUT2D eigenvalue weighted by molar-refractivity contribution is 6.47. The summed E-state index contributed by atoms with van der Waals surface area (Å²) in [6.45, 7) is 18.4. The SMILES string of the molecule is C=C/C=C(\C=C)n1ccc2ccc([B]OC(C)(C)C(C)(C)O)cc2c1=O.CC. The fourth-order valence-electron chi connectivity index (χ4n) is 2.26. The minimum absolute atomic E-state index is 0.146. The number of fused-ring (bicyclic) bond motifs is 1. The lowest BCUT2D eigenvalue weighted by Gasteiger charge is -2.37. The first-order valence-corrected chi connectivity index (χ1v) is 9.45. The van der Waals surface area contributed by atoms with Crippen molar-refractivity contribution in [2.45, 2.75) is 52.7 Å². The van der Waals surface area contributed by atoms with Gasteiger partial charge in [-0.1, -0.05) is 56.7 Å². The number of hydrogen-bond acceptors (Lipinski definition) is 3. The molecule has 1 heterocycles. The van der Waals surface area contributed by atoms with Gasteiger partial charge in [-0.25, -0.2) is 0 Å². The van der Waals surface area contributed by atoms with Crippen molar-refractivity contribution in [2.75, 3.05) is 0 Å². The van der Waals surface area contributed by atoms with Crippen molar-refractivity contribution in [2.24, 2.45) is 0 Å². The second-order valence-electron chi connectivity index (χ2n) is 7.17. The van der Waals surface area contributed by atoms with Crippen molar-refractivity contribution in [3.63, 3.8) is 0 Å². The predicted octanol–water partition coefficient (Wildman–Crippen LogP) is 4.05. The summed E-state index contributed by atoms with van der Waals surface area (Å²) in [5.74, 6) is 0. The summed E-state index contributed by atoms with van der Waals surface area (Å²) in [6, 6.07) is 7.41. The van der Waals surface area contributed by atoms with E-state index in [1.807, 2.05) is 45.9 Å². The summed E-state index contributed by atoms with van der Waals surface area (Å²) >= 11 is 0. The van der Waals surface area contributed by atoms with Gasteiger partial charge >= 0.3 is 7.48 Å². The number of hydrogen-bond donors (Lipinski definition) is 1. The second-order valence-corrected chi connectivity index (χ2v) is 7.17. The number of benzene rings is 1. The molecule has 0 fully saturated rings. The number of aliphatic hydroxyl groups is 1. The van der Waals surface area contributed by atoms with Gasteiger partial charge in [-0.3, -0.25) is 9.36 Å². The van der Waals surface area contributed by atoms with Crippen molar-refractivity contribution in [1.29, 1.82) is 0 Å². The van der Waals surface area contributed by atoms with Gasteiger partial charge < -0.3 is 9.76 Å². The van der Waals surface area contributed by atoms with Crippen molar-refractivity contribution in [1.82, 2.24) is 4.57 Å². The number of nitrogens with zero attached hydrogens (tertiary/aromatic N) is 1. The number of pyridine rings is 1. The molecule has 1 aromatic heterocycles. The Morgan fingerprint density at radius 2 is 1.82 bits per heavy atom. The van der Waals surface area contributed by atoms with E-state index in [0.29, 0.717) is 11.1 Å². The largest absolute Gasteiger partial charge is 0.427 e. The van der Waals surface area contributed by atoms with Gasteiger partial charge in [-0.15, -0.1) is 0 Å². The van der Waals surface area contributed by atoms with Gasteiger partial charge in [0.05, 0.1) is 11.2 Å². The zero-order chi connectivity index (χ0) is 21.5. The Morgan fingerprint density at radius 1 is 1.18 bits per heavy atom. The van der Waals surface area contributed by atoms with Gasteiger partial charge in [-0.05, 0) is 51.3 Å². The van der Waals surface area contributed by atoms with Crippen LogP contribution < -0.4 is 11.0 Å². The molecule has 0 spiro atoms. The van der Waals surface area contributed by atoms with Crippen LogP contribution >= 0.6 is 0 Å². The molecule has 0 unspecified atom stereocenters. The minimum atomic E-state index is -1.01. The molecule has 0 bridgehead atoms. The van der Waals surface area contributed by atoms with E-state index in [4.69, 9.17) is 4.65 Å². The third-order valence-corrected chi connectivity index (χ3v) is 4.67. The Hall–Kier alpha value is -2.37. The lowest BCUT2D eigenvalue weighted by atomic mass is 9.82. The smallest absolute Gasteiger partial charge is 0.330 e. The fourth-order valence-corrected chi connectivity index (χ4v) is 2.26. The van der Waals surface area contributed by atoms with Crippen LogP contribution in [0, 0.1) is 0 Å². The first-order chi connectivity index (χ1) is 13.1. The topological polar surface area (TPSA) is 51.5 Å². The van der Waals surface area contributed by atoms with Gasteiger partial charge in [0.2, 0.25) is 0 Å². The lowest BCUT2D eigenvalue weighted by Crippen LogP contribution is -2.49. The zero-order valence-corrected chi connectivity index (χ0v) is 17.8. The molecule has 4 nitrogen and oxygen atoms in total. The van der Waals surface area contributed by atoms with Crippen molar-refractivity contribution < 1.29 is 9.76 Å². The van der Waals surface area contributed by atoms with Gasteiger partial charge in [0, 0.05) is 17.3 Å². The van der Waals surface area contributed by atoms with Crippen LogP contribution in [0.5, 0.6) is 0 Å². The first kappa shape index (κ1) is 23.7. The fraction of sp³-hybridized carbons (Fsp3) is 0.348. The average molecular weight is 380 g/mol. The van der Waals surface area contributed by atoms with E-state index in [0.717, 1.165) is 10.8 Å². The van der Waals surface area contributed by atoms with Crippen LogP contribution in [0.2, 0.25) is 0 Å². The van der Waals surface area contributed by atoms with Crippen molar-refractivity contribution >= 4 is 29.4 Å². The summed E-state index contributed by atoms with van der Waals surface area (Å²) in [5.41, 5.74) is -0.533. The number of allylic oxidation sites excluding steroid dienone is 4. The van der Waals surface area contributed by atoms with E-state index in [1.165, 1.54) is 4.57 Å². The summed E-state index contributed by atoms with van der Waals surface area (Å²) in [4.78, 5) is 12.9. The average Bonchev–Trinajstić information content (AvgIpc) is 2.66. The number of rotatable bonds is 7. The Morgan fingerprint density at radius 3 is 2.36 bits per heavy atom. The van der Waals surface area contributed by atoms with Gasteiger partial charge in [0.25, 0.3) is 5.56 Å². The van der Waals surface area contributed by atoms with Crippen LogP contribution in [0.3, 0.4) is 0 Å². The predicted molar refractivity (Wildman–Crippen MR) is 121 cm³/mol. The standard InChI is InChI=1S/C21H25BNO3.C2H6/c1-7-9-17(8-2)23-13-12-15-10-11-16(14-18(15)19(23)24)22-26-21(5,6)20(3,4)25;1-2/h7-14,25H,1-2H2,3-6H3;1-2H3/b17-9+;. The number of aromatic nitrogens is 1. The van der Waals surface area contributed by atoms with E-state index in [1.54, 1.807) is 51.8 Å². The molecule has 1 aromatic carbocycles. The highest BCUT2D eigenvalue weighted by atomic mass is 16.5. The molecule has 1 N–H and O–H groups in total. The highest BCUT2D eigenvalue weighted by Gasteiger charge is 2.35. The molecule has 28 heavy (non-hydrogen) atoms. The van der Waals surface area contributed by atoms with E-state index < -0.39 is 11.2 Å². The maximum absolute atomic E-state index is 12.9. The third-order valence-electron chi connectivity index (χ3n) is 4.67. The molecule has 0 aliphatic carbocycles. The maximum Gasteiger partial charge on any atom is 0.330 e. The third kappa shape index (κ3) is 5.34. The molecule has 149 valence electrons. The first-order valence-electron chi connectivity index (χ1n) is 9.45. The molecule has 0 amide bonds. The van der Waals surface area contributed by atoms with E-state index >= 15 is 0 Å². The van der Waals surface area contributed by atoms with Crippen LogP contribution in [0.1, 0.15) is 41.5 Å². The molecule has 0 aliphatic heterocycles. The molecule has 2 aromatic rings. The highest BCUT2D eigenvalue weighted by Crippen LogP contribution is 2.24. The normalized spacial score (nSPS) is 12.2. The Bertz CT molecular complexity index is 918. The molecule has 1 radical (unpaired) electrons. The molecule has 0 atom stereocenters. The van der Waals surface area contributed by atoms with E-state index in [9.17, 15) is 9.90 Å². The Kier molecular flexibility index (Phi) is 8.21. The molecule has 0 saturated carbocycles. The Labute approximate surface area is 169 Å². The molecule has 0 saturated heterocycles. The zero-order valence-electron chi connectivity index (χ0n) is 17.8. The monoisotopic (exact) mass is 380 g/mol. The second kappa shape index (κ2) is 9.72. The quantitative estimate of drug-likeness (QED) is 0.582. The van der Waals surface area contributed by atoms with Crippen LogP contribution in [-0.2, 0) is 4.65 Å². The van der Waals surface area contributed by atoms with Crippen LogP contribution in [0.25, 0.3) is 16.5 Å². The summed E-state index contributed by atoms with van der Waals surface area (Å²) in [6.07, 6.45) is 6.67. The van der Waals surface area contributed by atoms with Gasteiger partial charge in [0.15, 0.2) is 0 Å². The van der Waals surface area contributed by atoms with Crippen LogP contribution in [0.15, 0.2) is 66.6 Å². The molecule has 0 aliphatic rings. The molecular formula is C23H31BNO3. The summed E-state index contributed by atoms with van der Waals surface area (Å²) in [5, 5.41) is 11.6. The minimum Gasteiger partial charge on any atom is -0.427 e. The van der Waals surface area contributed by atoms with Crippen LogP contribution in [0.4, 0.5) is 0 Å². The molecule has 5 heteroatoms. The molecule has 2 rings (SSSR count). The maximum atomic E-state index is 12.9. The van der Waals surface area contributed by atoms with E-state index in [-0.39, 0.29) is 5.56 Å². The van der Waals surface area contributed by atoms with Gasteiger partial charge in [0.1, 0.15) is 0 Å². The van der Waals surface area contributed by atoms with Crippen LogP contribution in [-0.4, -0.2) is 28.4 Å². The molecular weight excluding hydrogens is 349 g/mol. The van der Waals surface area contributed by atoms with Crippen molar-refractivity contribution in [3.8, 4) is 0 Å². The van der Waals surface area contributed by atoms with E-state index in [2.05, 4.69) is 13.2 Å².